The molecule has 98 valence electrons. The predicted molar refractivity (Wildman–Crippen MR) is 75.7 cm³/mol. The number of hydrogen-bond acceptors (Lipinski definition) is 2. The molecule has 1 aromatic rings. The van der Waals surface area contributed by atoms with Gasteiger partial charge in [0.1, 0.15) is 0 Å². The van der Waals surface area contributed by atoms with Crippen molar-refractivity contribution in [2.24, 2.45) is 5.73 Å². The van der Waals surface area contributed by atoms with Crippen LogP contribution in [0.4, 0.5) is 0 Å². The molecule has 1 aromatic carbocycles. The van der Waals surface area contributed by atoms with Crippen LogP contribution < -0.4 is 5.73 Å². The van der Waals surface area contributed by atoms with Crippen molar-refractivity contribution in [3.05, 3.63) is 34.9 Å². The van der Waals surface area contributed by atoms with E-state index in [1.807, 2.05) is 12.1 Å². The van der Waals surface area contributed by atoms with E-state index in [1.54, 1.807) is 0 Å². The topological polar surface area (TPSA) is 29.3 Å². The highest BCUT2D eigenvalue weighted by atomic mass is 35.5. The number of nitrogens with zero attached hydrogens (tertiary/aromatic N) is 1. The third kappa shape index (κ3) is 2.56. The third-order valence-corrected chi connectivity index (χ3v) is 4.45. The first-order valence-electron chi connectivity index (χ1n) is 7.02. The van der Waals surface area contributed by atoms with Crippen molar-refractivity contribution in [3.63, 3.8) is 0 Å². The number of benzene rings is 1. The maximum atomic E-state index is 6.43. The summed E-state index contributed by atoms with van der Waals surface area (Å²) in [5, 5.41) is 0.805. The summed E-state index contributed by atoms with van der Waals surface area (Å²) in [4.78, 5) is 2.64. The van der Waals surface area contributed by atoms with Crippen molar-refractivity contribution in [1.82, 2.24) is 4.90 Å². The molecule has 1 aliphatic heterocycles. The van der Waals surface area contributed by atoms with Crippen molar-refractivity contribution in [3.8, 4) is 0 Å². The number of nitrogens with two attached hydrogens (primary N) is 1. The second-order valence-electron chi connectivity index (χ2n) is 5.63. The molecule has 2 fully saturated rings. The molecule has 2 N–H and O–H groups in total. The van der Waals surface area contributed by atoms with Gasteiger partial charge in [0, 0.05) is 17.1 Å². The minimum Gasteiger partial charge on any atom is -0.326 e. The van der Waals surface area contributed by atoms with E-state index in [0.717, 1.165) is 17.5 Å². The van der Waals surface area contributed by atoms with Gasteiger partial charge in [0.2, 0.25) is 0 Å². The molecule has 1 saturated carbocycles. The van der Waals surface area contributed by atoms with Crippen LogP contribution in [0.3, 0.4) is 0 Å². The molecular weight excluding hydrogens is 244 g/mol. The number of hydrogen-bond donors (Lipinski definition) is 1. The van der Waals surface area contributed by atoms with Gasteiger partial charge in [0.25, 0.3) is 0 Å². The van der Waals surface area contributed by atoms with Gasteiger partial charge in [-0.25, -0.2) is 0 Å². The van der Waals surface area contributed by atoms with Crippen LogP contribution >= 0.6 is 11.6 Å². The summed E-state index contributed by atoms with van der Waals surface area (Å²) in [6.45, 7) is 1.20. The fourth-order valence-corrected chi connectivity index (χ4v) is 3.26. The molecule has 1 saturated heterocycles. The predicted octanol–water partition coefficient (Wildman–Crippen LogP) is 3.36. The fraction of sp³-hybridized carbons (Fsp3) is 0.600. The van der Waals surface area contributed by atoms with Crippen LogP contribution in [0, 0.1) is 0 Å². The molecule has 18 heavy (non-hydrogen) atoms. The summed E-state index contributed by atoms with van der Waals surface area (Å²) in [5.41, 5.74) is 7.76. The molecule has 1 aliphatic carbocycles. The number of halogens is 1. The van der Waals surface area contributed by atoms with E-state index in [1.165, 1.54) is 37.8 Å². The van der Waals surface area contributed by atoms with E-state index in [2.05, 4.69) is 17.0 Å². The molecule has 3 heteroatoms. The Bertz CT molecular complexity index is 399. The maximum absolute atomic E-state index is 6.43. The van der Waals surface area contributed by atoms with Crippen molar-refractivity contribution in [1.29, 1.82) is 0 Å². The zero-order valence-corrected chi connectivity index (χ0v) is 11.4. The summed E-state index contributed by atoms with van der Waals surface area (Å²) in [7, 11) is 0. The van der Waals surface area contributed by atoms with Gasteiger partial charge in [-0.15, -0.1) is 0 Å². The van der Waals surface area contributed by atoms with Crippen molar-refractivity contribution in [2.75, 3.05) is 6.54 Å². The van der Waals surface area contributed by atoms with Gasteiger partial charge in [-0.3, -0.25) is 4.90 Å². The summed E-state index contributed by atoms with van der Waals surface area (Å²) in [5.74, 6) is 0. The maximum Gasteiger partial charge on any atom is 0.0502 e. The molecule has 0 radical (unpaired) electrons. The highest BCUT2D eigenvalue weighted by molar-refractivity contribution is 6.30. The normalized spacial score (nSPS) is 30.1. The molecule has 2 aliphatic rings. The highest BCUT2D eigenvalue weighted by Crippen LogP contribution is 2.38. The SMILES string of the molecule is NC1CCCCN(C2CC2)C1c1ccc(Cl)cc1. The van der Waals surface area contributed by atoms with E-state index in [-0.39, 0.29) is 6.04 Å². The minimum atomic E-state index is 0.259. The first-order chi connectivity index (χ1) is 8.75. The lowest BCUT2D eigenvalue weighted by Crippen LogP contribution is -2.40. The van der Waals surface area contributed by atoms with Gasteiger partial charge in [0.15, 0.2) is 0 Å². The quantitative estimate of drug-likeness (QED) is 0.888. The van der Waals surface area contributed by atoms with Crippen LogP contribution in [0.15, 0.2) is 24.3 Å². The van der Waals surface area contributed by atoms with Crippen LogP contribution in [0.25, 0.3) is 0 Å². The lowest BCUT2D eigenvalue weighted by atomic mass is 9.96. The van der Waals surface area contributed by atoms with Gasteiger partial charge >= 0.3 is 0 Å². The summed E-state index contributed by atoms with van der Waals surface area (Å²) in [6, 6.07) is 9.68. The Morgan fingerprint density at radius 1 is 1.06 bits per heavy atom. The summed E-state index contributed by atoms with van der Waals surface area (Å²) in [6.07, 6.45) is 6.37. The number of likely N-dealkylation sites (tertiary alicyclic amines) is 1. The zero-order chi connectivity index (χ0) is 12.5. The Balaban J connectivity index is 1.89. The van der Waals surface area contributed by atoms with Crippen LogP contribution in [-0.2, 0) is 0 Å². The first-order valence-corrected chi connectivity index (χ1v) is 7.40. The summed E-state index contributed by atoms with van der Waals surface area (Å²) >= 11 is 5.99. The number of rotatable bonds is 2. The second kappa shape index (κ2) is 5.20. The minimum absolute atomic E-state index is 0.259. The molecule has 0 amide bonds. The Kier molecular flexibility index (Phi) is 3.60. The van der Waals surface area contributed by atoms with Crippen LogP contribution in [-0.4, -0.2) is 23.5 Å². The second-order valence-corrected chi connectivity index (χ2v) is 6.06. The van der Waals surface area contributed by atoms with Gasteiger partial charge in [-0.05, 0) is 49.9 Å². The van der Waals surface area contributed by atoms with E-state index in [9.17, 15) is 0 Å². The molecule has 0 bridgehead atoms. The van der Waals surface area contributed by atoms with Crippen molar-refractivity contribution in [2.45, 2.75) is 50.2 Å². The van der Waals surface area contributed by atoms with Gasteiger partial charge < -0.3 is 5.73 Å². The summed E-state index contributed by atoms with van der Waals surface area (Å²) < 4.78 is 0. The lowest BCUT2D eigenvalue weighted by molar-refractivity contribution is 0.175. The monoisotopic (exact) mass is 264 g/mol. The Morgan fingerprint density at radius 3 is 2.44 bits per heavy atom. The van der Waals surface area contributed by atoms with Crippen molar-refractivity contribution < 1.29 is 0 Å². The highest BCUT2D eigenvalue weighted by Gasteiger charge is 2.38. The van der Waals surface area contributed by atoms with Gasteiger partial charge in [0.05, 0.1) is 6.04 Å². The Morgan fingerprint density at radius 2 is 1.78 bits per heavy atom. The first kappa shape index (κ1) is 12.5. The molecular formula is C15H21ClN2. The Labute approximate surface area is 114 Å². The van der Waals surface area contributed by atoms with Crippen molar-refractivity contribution >= 4 is 11.6 Å². The van der Waals surface area contributed by atoms with Crippen LogP contribution in [0.1, 0.15) is 43.7 Å². The molecule has 2 atom stereocenters. The standard InChI is InChI=1S/C15H21ClN2/c16-12-6-4-11(5-7-12)15-14(17)3-1-2-10-18(15)13-8-9-13/h4-7,13-15H,1-3,8-10,17H2. The zero-order valence-electron chi connectivity index (χ0n) is 10.7. The van der Waals surface area contributed by atoms with Crippen LogP contribution in [0.5, 0.6) is 0 Å². The molecule has 2 unspecified atom stereocenters. The lowest BCUT2D eigenvalue weighted by Gasteiger charge is -2.34. The van der Waals surface area contributed by atoms with E-state index in [0.29, 0.717) is 6.04 Å². The Hall–Kier alpha value is -0.570. The molecule has 0 spiro atoms. The average molecular weight is 265 g/mol. The average Bonchev–Trinajstić information content (AvgIpc) is 3.17. The largest absolute Gasteiger partial charge is 0.326 e. The third-order valence-electron chi connectivity index (χ3n) is 4.19. The fourth-order valence-electron chi connectivity index (χ4n) is 3.13. The van der Waals surface area contributed by atoms with Crippen LogP contribution in [0.2, 0.25) is 5.02 Å². The molecule has 2 nitrogen and oxygen atoms in total. The van der Waals surface area contributed by atoms with E-state index >= 15 is 0 Å². The van der Waals surface area contributed by atoms with Gasteiger partial charge in [-0.2, -0.15) is 0 Å². The van der Waals surface area contributed by atoms with E-state index < -0.39 is 0 Å². The molecule has 0 aromatic heterocycles. The van der Waals surface area contributed by atoms with E-state index in [4.69, 9.17) is 17.3 Å². The van der Waals surface area contributed by atoms with Gasteiger partial charge in [-0.1, -0.05) is 30.2 Å². The molecule has 1 heterocycles. The molecule has 3 rings (SSSR count). The smallest absolute Gasteiger partial charge is 0.0502 e.